The molecule has 2 unspecified atom stereocenters. The Labute approximate surface area is 96.7 Å². The third kappa shape index (κ3) is 4.70. The van der Waals surface area contributed by atoms with E-state index in [1.807, 2.05) is 19.1 Å². The van der Waals surface area contributed by atoms with Crippen LogP contribution in [0.2, 0.25) is 0 Å². The molecule has 0 amide bonds. The normalized spacial score (nSPS) is 14.7. The van der Waals surface area contributed by atoms with E-state index >= 15 is 0 Å². The van der Waals surface area contributed by atoms with Gasteiger partial charge in [-0.2, -0.15) is 0 Å². The molecule has 1 heterocycles. The largest absolute Gasteiger partial charge is 0.389 e. The molecule has 0 aliphatic heterocycles. The molecule has 4 heteroatoms. The maximum Gasteiger partial charge on any atom is 0.0897 e. The smallest absolute Gasteiger partial charge is 0.0897 e. The molecule has 0 saturated heterocycles. The minimum absolute atomic E-state index is 0.208. The van der Waals surface area contributed by atoms with E-state index in [0.717, 1.165) is 0 Å². The van der Waals surface area contributed by atoms with Crippen LogP contribution in [-0.4, -0.2) is 36.0 Å². The summed E-state index contributed by atoms with van der Waals surface area (Å²) in [4.78, 5) is 3.97. The second-order valence-corrected chi connectivity index (χ2v) is 3.72. The summed E-state index contributed by atoms with van der Waals surface area (Å²) >= 11 is 0. The first-order valence-corrected chi connectivity index (χ1v) is 5.63. The van der Waals surface area contributed by atoms with Crippen molar-refractivity contribution in [3.05, 3.63) is 30.1 Å². The van der Waals surface area contributed by atoms with Gasteiger partial charge in [0.15, 0.2) is 0 Å². The highest BCUT2D eigenvalue weighted by Gasteiger charge is 2.08. The van der Waals surface area contributed by atoms with E-state index in [9.17, 15) is 5.11 Å². The topological polar surface area (TPSA) is 54.4 Å². The molecule has 2 N–H and O–H groups in total. The number of hydrogen-bond donors (Lipinski definition) is 2. The average Bonchev–Trinajstić information content (AvgIpc) is 2.34. The van der Waals surface area contributed by atoms with Gasteiger partial charge in [-0.1, -0.05) is 0 Å². The quantitative estimate of drug-likeness (QED) is 0.729. The zero-order valence-corrected chi connectivity index (χ0v) is 9.89. The summed E-state index contributed by atoms with van der Waals surface area (Å²) in [5, 5.41) is 12.8. The molecule has 0 aromatic carbocycles. The van der Waals surface area contributed by atoms with Gasteiger partial charge >= 0.3 is 0 Å². The molecular weight excluding hydrogens is 204 g/mol. The van der Waals surface area contributed by atoms with Crippen LogP contribution in [-0.2, 0) is 4.74 Å². The van der Waals surface area contributed by atoms with Crippen molar-refractivity contribution < 1.29 is 9.84 Å². The Morgan fingerprint density at radius 3 is 2.75 bits per heavy atom. The minimum atomic E-state index is -0.454. The molecule has 16 heavy (non-hydrogen) atoms. The van der Waals surface area contributed by atoms with Gasteiger partial charge in [0.1, 0.15) is 0 Å². The second kappa shape index (κ2) is 7.33. The summed E-state index contributed by atoms with van der Waals surface area (Å²) in [5.41, 5.74) is 1.17. The first-order valence-electron chi connectivity index (χ1n) is 5.63. The highest BCUT2D eigenvalue weighted by Crippen LogP contribution is 2.09. The Morgan fingerprint density at radius 1 is 1.44 bits per heavy atom. The van der Waals surface area contributed by atoms with Crippen LogP contribution < -0.4 is 5.32 Å². The van der Waals surface area contributed by atoms with Gasteiger partial charge in [-0.15, -0.1) is 0 Å². The highest BCUT2D eigenvalue weighted by molar-refractivity contribution is 5.13. The fraction of sp³-hybridized carbons (Fsp3) is 0.583. The lowest BCUT2D eigenvalue weighted by Gasteiger charge is -2.17. The van der Waals surface area contributed by atoms with Crippen molar-refractivity contribution in [3.63, 3.8) is 0 Å². The van der Waals surface area contributed by atoms with Crippen molar-refractivity contribution in [1.82, 2.24) is 10.3 Å². The van der Waals surface area contributed by atoms with Gasteiger partial charge in [-0.05, 0) is 31.5 Å². The Morgan fingerprint density at radius 2 is 2.12 bits per heavy atom. The van der Waals surface area contributed by atoms with E-state index in [4.69, 9.17) is 4.74 Å². The van der Waals surface area contributed by atoms with Crippen LogP contribution in [0, 0.1) is 0 Å². The van der Waals surface area contributed by atoms with Crippen LogP contribution in [0.15, 0.2) is 24.5 Å². The zero-order valence-electron chi connectivity index (χ0n) is 9.89. The molecule has 0 aliphatic rings. The molecule has 0 radical (unpaired) electrons. The van der Waals surface area contributed by atoms with E-state index in [-0.39, 0.29) is 6.04 Å². The first kappa shape index (κ1) is 13.1. The maximum atomic E-state index is 9.58. The molecule has 1 aromatic heterocycles. The van der Waals surface area contributed by atoms with E-state index in [1.54, 1.807) is 12.4 Å². The molecule has 0 spiro atoms. The minimum Gasteiger partial charge on any atom is -0.389 e. The summed E-state index contributed by atoms with van der Waals surface area (Å²) in [7, 11) is 0. The predicted octanol–water partition coefficient (Wildman–Crippen LogP) is 1.13. The van der Waals surface area contributed by atoms with Gasteiger partial charge < -0.3 is 15.2 Å². The number of aliphatic hydroxyl groups excluding tert-OH is 1. The number of hydrogen-bond acceptors (Lipinski definition) is 4. The number of nitrogens with one attached hydrogen (secondary N) is 1. The van der Waals surface area contributed by atoms with Gasteiger partial charge in [0.2, 0.25) is 0 Å². The number of aromatic nitrogens is 1. The molecule has 90 valence electrons. The third-order valence-corrected chi connectivity index (χ3v) is 2.38. The summed E-state index contributed by atoms with van der Waals surface area (Å²) < 4.78 is 5.13. The van der Waals surface area contributed by atoms with E-state index in [0.29, 0.717) is 19.8 Å². The first-order chi connectivity index (χ1) is 7.74. The van der Waals surface area contributed by atoms with Crippen molar-refractivity contribution >= 4 is 0 Å². The molecule has 4 nitrogen and oxygen atoms in total. The van der Waals surface area contributed by atoms with Crippen LogP contribution in [0.4, 0.5) is 0 Å². The summed E-state index contributed by atoms with van der Waals surface area (Å²) in [6.45, 7) is 5.52. The van der Waals surface area contributed by atoms with Crippen molar-refractivity contribution in [2.24, 2.45) is 0 Å². The Balaban J connectivity index is 2.27. The predicted molar refractivity (Wildman–Crippen MR) is 63.2 cm³/mol. The fourth-order valence-corrected chi connectivity index (χ4v) is 1.40. The number of nitrogens with zero attached hydrogens (tertiary/aromatic N) is 1. The molecule has 0 saturated carbocycles. The lowest BCUT2D eigenvalue weighted by molar-refractivity contribution is 0.0416. The number of pyridine rings is 1. The average molecular weight is 224 g/mol. The highest BCUT2D eigenvalue weighted by atomic mass is 16.5. The lowest BCUT2D eigenvalue weighted by Crippen LogP contribution is -2.32. The van der Waals surface area contributed by atoms with Crippen LogP contribution in [0.25, 0.3) is 0 Å². The molecule has 0 fully saturated rings. The maximum absolute atomic E-state index is 9.58. The summed E-state index contributed by atoms with van der Waals surface area (Å²) in [6, 6.07) is 4.14. The Hall–Kier alpha value is -0.970. The van der Waals surface area contributed by atoms with E-state index in [2.05, 4.69) is 17.2 Å². The van der Waals surface area contributed by atoms with Crippen molar-refractivity contribution in [2.75, 3.05) is 19.8 Å². The number of rotatable bonds is 7. The van der Waals surface area contributed by atoms with Crippen molar-refractivity contribution in [3.8, 4) is 0 Å². The molecule has 2 atom stereocenters. The van der Waals surface area contributed by atoms with Crippen molar-refractivity contribution in [2.45, 2.75) is 26.0 Å². The standard InChI is InChI=1S/C12H20N2O2/c1-3-16-9-12(15)8-14-10(2)11-4-6-13-7-5-11/h4-7,10,12,14-15H,3,8-9H2,1-2H3. The summed E-state index contributed by atoms with van der Waals surface area (Å²) in [5.74, 6) is 0. The van der Waals surface area contributed by atoms with E-state index in [1.165, 1.54) is 5.56 Å². The van der Waals surface area contributed by atoms with E-state index < -0.39 is 6.10 Å². The fourth-order valence-electron chi connectivity index (χ4n) is 1.40. The monoisotopic (exact) mass is 224 g/mol. The number of aliphatic hydroxyl groups is 1. The second-order valence-electron chi connectivity index (χ2n) is 3.72. The summed E-state index contributed by atoms with van der Waals surface area (Å²) in [6.07, 6.45) is 3.08. The Bertz CT molecular complexity index is 280. The molecule has 1 aromatic rings. The third-order valence-electron chi connectivity index (χ3n) is 2.38. The molecule has 0 bridgehead atoms. The van der Waals surface area contributed by atoms with Crippen LogP contribution >= 0.6 is 0 Å². The molecule has 0 aliphatic carbocycles. The van der Waals surface area contributed by atoms with Crippen molar-refractivity contribution in [1.29, 1.82) is 0 Å². The number of ether oxygens (including phenoxy) is 1. The SMILES string of the molecule is CCOCC(O)CNC(C)c1ccncc1. The molecular formula is C12H20N2O2. The van der Waals surface area contributed by atoms with Crippen LogP contribution in [0.3, 0.4) is 0 Å². The zero-order chi connectivity index (χ0) is 11.8. The Kier molecular flexibility index (Phi) is 6.00. The van der Waals surface area contributed by atoms with Gasteiger partial charge in [0.25, 0.3) is 0 Å². The van der Waals surface area contributed by atoms with Gasteiger partial charge in [0.05, 0.1) is 12.7 Å². The van der Waals surface area contributed by atoms with Crippen LogP contribution in [0.5, 0.6) is 0 Å². The van der Waals surface area contributed by atoms with Gasteiger partial charge in [-0.3, -0.25) is 4.98 Å². The lowest BCUT2D eigenvalue weighted by atomic mass is 10.1. The van der Waals surface area contributed by atoms with Gasteiger partial charge in [0, 0.05) is 31.6 Å². The van der Waals surface area contributed by atoms with Crippen LogP contribution in [0.1, 0.15) is 25.5 Å². The molecule has 1 rings (SSSR count). The van der Waals surface area contributed by atoms with Gasteiger partial charge in [-0.25, -0.2) is 0 Å².